The van der Waals surface area contributed by atoms with Crippen LogP contribution in [-0.2, 0) is 17.7 Å². The number of nitrogens with one attached hydrogen (secondary N) is 2. The maximum absolute atomic E-state index is 11.8. The highest BCUT2D eigenvalue weighted by Gasteiger charge is 2.11. The Morgan fingerprint density at radius 3 is 2.58 bits per heavy atom. The average Bonchev–Trinajstić information content (AvgIpc) is 3.09. The van der Waals surface area contributed by atoms with Crippen molar-refractivity contribution in [3.63, 3.8) is 0 Å². The molecule has 0 spiro atoms. The van der Waals surface area contributed by atoms with Crippen molar-refractivity contribution in [2.45, 2.75) is 19.9 Å². The third-order valence-electron chi connectivity index (χ3n) is 3.31. The van der Waals surface area contributed by atoms with Gasteiger partial charge < -0.3 is 20.5 Å². The fourth-order valence-corrected chi connectivity index (χ4v) is 2.79. The molecule has 0 atom stereocenters. The summed E-state index contributed by atoms with van der Waals surface area (Å²) in [6.45, 7) is 2.69. The number of carboxylic acid groups (broad SMARTS) is 1. The Morgan fingerprint density at radius 2 is 1.92 bits per heavy atom. The van der Waals surface area contributed by atoms with Gasteiger partial charge in [0.1, 0.15) is 0 Å². The molecule has 0 unspecified atom stereocenters. The first kappa shape index (κ1) is 19.4. The van der Waals surface area contributed by atoms with Crippen LogP contribution < -0.4 is 10.6 Å². The van der Waals surface area contributed by atoms with Crippen molar-refractivity contribution >= 4 is 29.3 Å². The van der Waals surface area contributed by atoms with Gasteiger partial charge in [-0.25, -0.2) is 19.4 Å². The topological polar surface area (TPSA) is 118 Å². The number of ether oxygens (including phenoxy) is 1. The van der Waals surface area contributed by atoms with Crippen LogP contribution in [0.3, 0.4) is 0 Å². The summed E-state index contributed by atoms with van der Waals surface area (Å²) >= 11 is 1.34. The summed E-state index contributed by atoms with van der Waals surface area (Å²) in [4.78, 5) is 38.2. The Kier molecular flexibility index (Phi) is 7.10. The maximum atomic E-state index is 11.8. The predicted octanol–water partition coefficient (Wildman–Crippen LogP) is 2.06. The highest BCUT2D eigenvalue weighted by atomic mass is 32.1. The van der Waals surface area contributed by atoms with Crippen molar-refractivity contribution in [2.75, 3.05) is 13.2 Å². The summed E-state index contributed by atoms with van der Waals surface area (Å²) in [5.41, 5.74) is 1.27. The third-order valence-corrected chi connectivity index (χ3v) is 4.22. The number of amides is 2. The zero-order chi connectivity index (χ0) is 18.9. The summed E-state index contributed by atoms with van der Waals surface area (Å²) in [5, 5.41) is 16.6. The lowest BCUT2D eigenvalue weighted by molar-refractivity contribution is 0.0519. The first-order valence-electron chi connectivity index (χ1n) is 7.95. The van der Waals surface area contributed by atoms with Crippen molar-refractivity contribution in [3.8, 4) is 0 Å². The van der Waals surface area contributed by atoms with Crippen molar-refractivity contribution in [2.24, 2.45) is 0 Å². The van der Waals surface area contributed by atoms with Crippen LogP contribution in [0.25, 0.3) is 0 Å². The lowest BCUT2D eigenvalue weighted by atomic mass is 10.1. The number of urea groups is 1. The number of thiazole rings is 1. The average molecular weight is 377 g/mol. The minimum absolute atomic E-state index is 0.198. The second-order valence-electron chi connectivity index (χ2n) is 5.21. The third kappa shape index (κ3) is 5.85. The second kappa shape index (κ2) is 9.52. The number of hydrogen-bond donors (Lipinski definition) is 3. The second-order valence-corrected chi connectivity index (χ2v) is 6.15. The number of carbonyl (C=O) groups excluding carboxylic acids is 2. The monoisotopic (exact) mass is 377 g/mol. The van der Waals surface area contributed by atoms with E-state index in [-0.39, 0.29) is 23.8 Å². The Morgan fingerprint density at radius 1 is 1.19 bits per heavy atom. The highest BCUT2D eigenvalue weighted by Crippen LogP contribution is 2.11. The number of benzene rings is 1. The minimum Gasteiger partial charge on any atom is -0.478 e. The Balaban J connectivity index is 1.70. The molecule has 2 amide bonds. The lowest BCUT2D eigenvalue weighted by Gasteiger charge is -2.07. The number of esters is 1. The van der Waals surface area contributed by atoms with Gasteiger partial charge in [-0.05, 0) is 24.6 Å². The Hall–Kier alpha value is -2.94. The van der Waals surface area contributed by atoms with E-state index >= 15 is 0 Å². The van der Waals surface area contributed by atoms with Gasteiger partial charge in [-0.2, -0.15) is 0 Å². The number of aromatic carboxylic acids is 1. The zero-order valence-corrected chi connectivity index (χ0v) is 15.0. The molecule has 2 aromatic rings. The quantitative estimate of drug-likeness (QED) is 0.606. The van der Waals surface area contributed by atoms with E-state index in [2.05, 4.69) is 15.6 Å². The van der Waals surface area contributed by atoms with Crippen LogP contribution in [0, 0.1) is 0 Å². The molecule has 0 bridgehead atoms. The zero-order valence-electron chi connectivity index (χ0n) is 14.2. The summed E-state index contributed by atoms with van der Waals surface area (Å²) in [5.74, 6) is -1.44. The molecule has 1 heterocycles. The SMILES string of the molecule is CCOC(=O)c1csc(CCNC(=O)NCc2ccc(C(=O)O)cc2)n1. The van der Waals surface area contributed by atoms with Gasteiger partial charge in [0, 0.05) is 24.9 Å². The van der Waals surface area contributed by atoms with Gasteiger partial charge in [0.05, 0.1) is 17.2 Å². The molecule has 3 N–H and O–H groups in total. The van der Waals surface area contributed by atoms with Crippen LogP contribution >= 0.6 is 11.3 Å². The maximum Gasteiger partial charge on any atom is 0.357 e. The molecule has 0 aliphatic carbocycles. The van der Waals surface area contributed by atoms with Crippen LogP contribution in [0.15, 0.2) is 29.6 Å². The van der Waals surface area contributed by atoms with Crippen LogP contribution in [0.4, 0.5) is 4.79 Å². The summed E-state index contributed by atoms with van der Waals surface area (Å²) < 4.78 is 4.87. The fraction of sp³-hybridized carbons (Fsp3) is 0.294. The largest absolute Gasteiger partial charge is 0.478 e. The number of aromatic nitrogens is 1. The van der Waals surface area contributed by atoms with Crippen molar-refractivity contribution in [3.05, 3.63) is 51.5 Å². The predicted molar refractivity (Wildman–Crippen MR) is 95.4 cm³/mol. The Bertz CT molecular complexity index is 773. The molecule has 8 nitrogen and oxygen atoms in total. The number of hydrogen-bond acceptors (Lipinski definition) is 6. The van der Waals surface area contributed by atoms with Crippen LogP contribution in [-0.4, -0.2) is 41.2 Å². The van der Waals surface area contributed by atoms with Gasteiger partial charge in [0.15, 0.2) is 5.69 Å². The van der Waals surface area contributed by atoms with E-state index in [1.165, 1.54) is 23.5 Å². The molecule has 0 saturated heterocycles. The fourth-order valence-electron chi connectivity index (χ4n) is 2.02. The van der Waals surface area contributed by atoms with E-state index in [1.54, 1.807) is 24.4 Å². The van der Waals surface area contributed by atoms with Crippen molar-refractivity contribution < 1.29 is 24.2 Å². The number of rotatable bonds is 8. The Labute approximate surface area is 154 Å². The van der Waals surface area contributed by atoms with Gasteiger partial charge in [0.2, 0.25) is 0 Å². The molecule has 0 aliphatic rings. The van der Waals surface area contributed by atoms with E-state index in [0.29, 0.717) is 19.6 Å². The summed E-state index contributed by atoms with van der Waals surface area (Å²) in [6.07, 6.45) is 0.505. The van der Waals surface area contributed by atoms with Crippen LogP contribution in [0.1, 0.15) is 38.3 Å². The molecule has 0 saturated carbocycles. The molecular weight excluding hydrogens is 358 g/mol. The van der Waals surface area contributed by atoms with E-state index in [1.807, 2.05) is 0 Å². The first-order valence-corrected chi connectivity index (χ1v) is 8.83. The normalized spacial score (nSPS) is 10.2. The molecule has 1 aromatic heterocycles. The standard InChI is InChI=1S/C17H19N3O5S/c1-2-25-16(23)13-10-26-14(20-13)7-8-18-17(24)19-9-11-3-5-12(6-4-11)15(21)22/h3-6,10H,2,7-9H2,1H3,(H,21,22)(H2,18,19,24). The molecule has 0 fully saturated rings. The van der Waals surface area contributed by atoms with Gasteiger partial charge in [-0.1, -0.05) is 12.1 Å². The lowest BCUT2D eigenvalue weighted by Crippen LogP contribution is -2.36. The number of nitrogens with zero attached hydrogens (tertiary/aromatic N) is 1. The summed E-state index contributed by atoms with van der Waals surface area (Å²) in [6, 6.07) is 5.93. The van der Waals surface area contributed by atoms with Gasteiger partial charge in [0.25, 0.3) is 0 Å². The van der Waals surface area contributed by atoms with Crippen LogP contribution in [0.2, 0.25) is 0 Å². The molecule has 0 aliphatic heterocycles. The molecule has 2 rings (SSSR count). The van der Waals surface area contributed by atoms with Gasteiger partial charge in [-0.15, -0.1) is 11.3 Å². The van der Waals surface area contributed by atoms with Gasteiger partial charge in [-0.3, -0.25) is 0 Å². The summed E-state index contributed by atoms with van der Waals surface area (Å²) in [7, 11) is 0. The number of carbonyl (C=O) groups is 3. The van der Waals surface area contributed by atoms with E-state index in [9.17, 15) is 14.4 Å². The molecule has 138 valence electrons. The van der Waals surface area contributed by atoms with Crippen molar-refractivity contribution in [1.82, 2.24) is 15.6 Å². The minimum atomic E-state index is -0.990. The molecule has 9 heteroatoms. The van der Waals surface area contributed by atoms with E-state index in [0.717, 1.165) is 10.6 Å². The highest BCUT2D eigenvalue weighted by molar-refractivity contribution is 7.09. The van der Waals surface area contributed by atoms with Crippen molar-refractivity contribution in [1.29, 1.82) is 0 Å². The van der Waals surface area contributed by atoms with Crippen LogP contribution in [0.5, 0.6) is 0 Å². The number of carboxylic acids is 1. The molecular formula is C17H19N3O5S. The molecule has 1 aromatic carbocycles. The smallest absolute Gasteiger partial charge is 0.357 e. The molecule has 0 radical (unpaired) electrons. The van der Waals surface area contributed by atoms with E-state index in [4.69, 9.17) is 9.84 Å². The van der Waals surface area contributed by atoms with Gasteiger partial charge >= 0.3 is 18.0 Å². The van der Waals surface area contributed by atoms with E-state index < -0.39 is 11.9 Å². The molecule has 26 heavy (non-hydrogen) atoms. The first-order chi connectivity index (χ1) is 12.5.